The molecule has 6 nitrogen and oxygen atoms in total. The van der Waals surface area contributed by atoms with Crippen LogP contribution in [0.5, 0.6) is 5.75 Å². The lowest BCUT2D eigenvalue weighted by molar-refractivity contribution is 0.0701. The molecule has 0 radical (unpaired) electrons. The van der Waals surface area contributed by atoms with E-state index in [4.69, 9.17) is 9.15 Å². The number of nitrogens with zero attached hydrogens (tertiary/aromatic N) is 1. The van der Waals surface area contributed by atoms with Crippen molar-refractivity contribution in [1.82, 2.24) is 0 Å². The van der Waals surface area contributed by atoms with E-state index in [1.165, 1.54) is 42.7 Å². The number of furan rings is 1. The lowest BCUT2D eigenvalue weighted by Crippen LogP contribution is -2.07. The Bertz CT molecular complexity index is 1110. The molecule has 134 valence electrons. The van der Waals surface area contributed by atoms with Gasteiger partial charge in [-0.2, -0.15) is 5.26 Å². The van der Waals surface area contributed by atoms with Crippen molar-refractivity contribution in [2.75, 3.05) is 0 Å². The maximum Gasteiger partial charge on any atom is 0.379 e. The molecule has 1 heterocycles. The Morgan fingerprint density at radius 3 is 2.30 bits per heavy atom. The highest BCUT2D eigenvalue weighted by Crippen LogP contribution is 2.22. The van der Waals surface area contributed by atoms with E-state index >= 15 is 0 Å². The van der Waals surface area contributed by atoms with Gasteiger partial charge in [-0.15, -0.1) is 0 Å². The molecule has 0 bridgehead atoms. The normalized spacial score (nSPS) is 11.6. The molecule has 0 N–H and O–H groups in total. The largest absolute Gasteiger partial charge is 0.457 e. The molecule has 0 aliphatic rings. The first kappa shape index (κ1) is 18.2. The number of hydrogen-bond acceptors (Lipinski definition) is 6. The van der Waals surface area contributed by atoms with Crippen LogP contribution >= 0.6 is 0 Å². The minimum Gasteiger partial charge on any atom is -0.457 e. The summed E-state index contributed by atoms with van der Waals surface area (Å²) in [5.41, 5.74) is 0.476. The zero-order valence-electron chi connectivity index (χ0n) is 13.9. The van der Waals surface area contributed by atoms with Crippen molar-refractivity contribution in [2.24, 2.45) is 0 Å². The van der Waals surface area contributed by atoms with E-state index in [0.717, 1.165) is 0 Å². The molecule has 0 saturated carbocycles. The zero-order chi connectivity index (χ0) is 19.3. The summed E-state index contributed by atoms with van der Waals surface area (Å²) in [7, 11) is -3.91. The topological polar surface area (TPSA) is 97.4 Å². The average Bonchev–Trinajstić information content (AvgIpc) is 3.23. The van der Waals surface area contributed by atoms with Gasteiger partial charge >= 0.3 is 5.97 Å². The number of benzene rings is 2. The molecule has 0 aliphatic heterocycles. The van der Waals surface area contributed by atoms with Crippen LogP contribution in [0.25, 0.3) is 6.08 Å². The number of hydrogen-bond donors (Lipinski definition) is 0. The molecular formula is C20H13NO5S. The minimum atomic E-state index is -3.91. The molecule has 0 fully saturated rings. The Morgan fingerprint density at radius 1 is 1.00 bits per heavy atom. The van der Waals surface area contributed by atoms with E-state index in [2.05, 4.69) is 0 Å². The number of nitriles is 1. The second-order valence-corrected chi connectivity index (χ2v) is 7.29. The van der Waals surface area contributed by atoms with Crippen molar-refractivity contribution in [3.8, 4) is 11.8 Å². The second kappa shape index (κ2) is 7.72. The third-order valence-electron chi connectivity index (χ3n) is 3.56. The highest BCUT2D eigenvalue weighted by molar-refractivity contribution is 7.95. The van der Waals surface area contributed by atoms with Gasteiger partial charge in [0.1, 0.15) is 16.7 Å². The van der Waals surface area contributed by atoms with Gasteiger partial charge in [0.2, 0.25) is 15.6 Å². The molecule has 27 heavy (non-hydrogen) atoms. The number of rotatable bonds is 5. The van der Waals surface area contributed by atoms with Crippen LogP contribution < -0.4 is 4.74 Å². The quantitative estimate of drug-likeness (QED) is 0.380. The van der Waals surface area contributed by atoms with E-state index in [0.29, 0.717) is 5.56 Å². The number of allylic oxidation sites excluding steroid dienone is 1. The Morgan fingerprint density at radius 2 is 1.70 bits per heavy atom. The van der Waals surface area contributed by atoms with Gasteiger partial charge in [-0.05, 0) is 48.0 Å². The smallest absolute Gasteiger partial charge is 0.379 e. The Labute approximate surface area is 155 Å². The second-order valence-electron chi connectivity index (χ2n) is 5.37. The number of ether oxygens (including phenoxy) is 1. The number of carbonyl (C=O) groups is 1. The predicted octanol–water partition coefficient (Wildman–Crippen LogP) is 3.84. The van der Waals surface area contributed by atoms with Crippen molar-refractivity contribution in [3.05, 3.63) is 89.2 Å². The Hall–Kier alpha value is -3.63. The van der Waals surface area contributed by atoms with Crippen LogP contribution in [0.3, 0.4) is 0 Å². The van der Waals surface area contributed by atoms with Gasteiger partial charge in [-0.25, -0.2) is 13.2 Å². The van der Waals surface area contributed by atoms with Crippen molar-refractivity contribution in [1.29, 1.82) is 5.26 Å². The van der Waals surface area contributed by atoms with Crippen LogP contribution in [-0.4, -0.2) is 14.4 Å². The Kier molecular flexibility index (Phi) is 5.20. The first-order valence-corrected chi connectivity index (χ1v) is 9.27. The van der Waals surface area contributed by atoms with Crippen molar-refractivity contribution in [3.63, 3.8) is 0 Å². The van der Waals surface area contributed by atoms with Crippen LogP contribution in [0, 0.1) is 11.3 Å². The summed E-state index contributed by atoms with van der Waals surface area (Å²) in [4.78, 5) is 11.5. The van der Waals surface area contributed by atoms with Gasteiger partial charge in [0, 0.05) is 0 Å². The minimum absolute atomic E-state index is 0.0433. The average molecular weight is 379 g/mol. The van der Waals surface area contributed by atoms with Crippen LogP contribution in [0.15, 0.2) is 87.2 Å². The monoisotopic (exact) mass is 379 g/mol. The summed E-state index contributed by atoms with van der Waals surface area (Å²) in [6, 6.07) is 18.6. The van der Waals surface area contributed by atoms with Gasteiger partial charge in [0.15, 0.2) is 0 Å². The maximum atomic E-state index is 12.5. The van der Waals surface area contributed by atoms with Gasteiger partial charge in [-0.3, -0.25) is 0 Å². The third kappa shape index (κ3) is 4.14. The van der Waals surface area contributed by atoms with Crippen molar-refractivity contribution >= 4 is 21.9 Å². The molecule has 1 aromatic heterocycles. The highest BCUT2D eigenvalue weighted by atomic mass is 32.2. The summed E-state index contributed by atoms with van der Waals surface area (Å²) in [5.74, 6) is -0.315. The lowest BCUT2D eigenvalue weighted by Gasteiger charge is -2.04. The molecule has 2 aromatic carbocycles. The predicted molar refractivity (Wildman–Crippen MR) is 97.3 cm³/mol. The number of sulfone groups is 1. The first-order chi connectivity index (χ1) is 13.0. The van der Waals surface area contributed by atoms with Gasteiger partial charge < -0.3 is 9.15 Å². The zero-order valence-corrected chi connectivity index (χ0v) is 14.7. The van der Waals surface area contributed by atoms with Gasteiger partial charge in [0.05, 0.1) is 11.2 Å². The fourth-order valence-electron chi connectivity index (χ4n) is 2.23. The van der Waals surface area contributed by atoms with Crippen LogP contribution in [0.1, 0.15) is 16.1 Å². The van der Waals surface area contributed by atoms with Crippen LogP contribution in [-0.2, 0) is 9.84 Å². The fraction of sp³-hybridized carbons (Fsp3) is 0. The molecule has 0 spiro atoms. The van der Waals surface area contributed by atoms with Crippen molar-refractivity contribution in [2.45, 2.75) is 4.90 Å². The summed E-state index contributed by atoms with van der Waals surface area (Å²) in [5, 5.41) is 9.29. The molecule has 3 aromatic rings. The van der Waals surface area contributed by atoms with E-state index < -0.39 is 15.8 Å². The molecule has 0 aliphatic carbocycles. The molecule has 0 amide bonds. The first-order valence-electron chi connectivity index (χ1n) is 7.78. The standard InChI is InChI=1S/C20H13NO5S/c21-14-18(27(23,24)17-5-2-1-3-6-17)13-15-8-10-16(11-9-15)26-20(22)19-7-4-12-25-19/h1-13H/b18-13+. The summed E-state index contributed by atoms with van der Waals surface area (Å²) >= 11 is 0. The molecule has 0 unspecified atom stereocenters. The van der Waals surface area contributed by atoms with Crippen LogP contribution in [0.4, 0.5) is 0 Å². The summed E-state index contributed by atoms with van der Waals surface area (Å²) in [6.45, 7) is 0. The van der Waals surface area contributed by atoms with E-state index in [1.54, 1.807) is 42.5 Å². The molecule has 0 saturated heterocycles. The SMILES string of the molecule is N#C/C(=C\c1ccc(OC(=O)c2ccco2)cc1)S(=O)(=O)c1ccccc1. The lowest BCUT2D eigenvalue weighted by atomic mass is 10.2. The summed E-state index contributed by atoms with van der Waals surface area (Å²) < 4.78 is 35.2. The molecule has 7 heteroatoms. The molecular weight excluding hydrogens is 366 g/mol. The Balaban J connectivity index is 1.82. The maximum absolute atomic E-state index is 12.5. The number of carbonyl (C=O) groups excluding carboxylic acids is 1. The number of esters is 1. The van der Waals surface area contributed by atoms with Crippen LogP contribution in [0.2, 0.25) is 0 Å². The third-order valence-corrected chi connectivity index (χ3v) is 5.24. The summed E-state index contributed by atoms with van der Waals surface area (Å²) in [6.07, 6.45) is 2.63. The highest BCUT2D eigenvalue weighted by Gasteiger charge is 2.20. The fourth-order valence-corrected chi connectivity index (χ4v) is 3.41. The van der Waals surface area contributed by atoms with Gasteiger partial charge in [-0.1, -0.05) is 30.3 Å². The molecule has 3 rings (SSSR count). The van der Waals surface area contributed by atoms with Gasteiger partial charge in [0.25, 0.3) is 0 Å². The van der Waals surface area contributed by atoms with E-state index in [-0.39, 0.29) is 21.3 Å². The van der Waals surface area contributed by atoms with E-state index in [9.17, 15) is 18.5 Å². The van der Waals surface area contributed by atoms with Crippen molar-refractivity contribution < 1.29 is 22.4 Å². The molecule has 0 atom stereocenters. The van der Waals surface area contributed by atoms with E-state index in [1.807, 2.05) is 0 Å².